The van der Waals surface area contributed by atoms with Gasteiger partial charge in [0.15, 0.2) is 34.6 Å². The number of carbonyl (C=O) groups excluding carboxylic acids is 5. The minimum absolute atomic E-state index is 0.0379. The van der Waals surface area contributed by atoms with Crippen LogP contribution in [0.15, 0.2) is 36.4 Å². The zero-order valence-electron chi connectivity index (χ0n) is 36.2. The molecule has 0 spiro atoms. The molecule has 2 heterocycles. The number of ketones is 2. The number of carboxylic acid groups (broad SMARTS) is 1. The molecule has 62 heavy (non-hydrogen) atoms. The first-order valence-corrected chi connectivity index (χ1v) is 21.5. The highest BCUT2D eigenvalue weighted by Gasteiger charge is 2.63. The Morgan fingerprint density at radius 2 is 1.15 bits per heavy atom. The van der Waals surface area contributed by atoms with Gasteiger partial charge in [0.1, 0.15) is 30.4 Å². The number of aromatic hydroxyl groups is 4. The van der Waals surface area contributed by atoms with Gasteiger partial charge in [-0.1, -0.05) is 46.8 Å². The van der Waals surface area contributed by atoms with Crippen LogP contribution in [0.25, 0.3) is 0 Å². The van der Waals surface area contributed by atoms with Gasteiger partial charge in [0, 0.05) is 56.0 Å². The van der Waals surface area contributed by atoms with E-state index in [1.807, 2.05) is 0 Å². The summed E-state index contributed by atoms with van der Waals surface area (Å²) >= 11 is 0. The number of nitrogens with zero attached hydrogens (tertiary/aromatic N) is 2. The van der Waals surface area contributed by atoms with Gasteiger partial charge >= 0.3 is 11.9 Å². The molecule has 16 heteroatoms. The minimum Gasteiger partial charge on any atom is -0.504 e. The normalized spacial score (nSPS) is 25.6. The first-order valence-electron chi connectivity index (χ1n) is 21.5. The topological polar surface area (TPSA) is 260 Å². The molecule has 0 radical (unpaired) electrons. The van der Waals surface area contributed by atoms with Gasteiger partial charge in [0.25, 0.3) is 0 Å². The van der Waals surface area contributed by atoms with Crippen LogP contribution in [-0.2, 0) is 46.3 Å². The fraction of sp³-hybridized carbons (Fsp3) is 0.609. The van der Waals surface area contributed by atoms with E-state index in [1.54, 1.807) is 11.8 Å². The van der Waals surface area contributed by atoms with Gasteiger partial charge in [0.05, 0.1) is 0 Å². The summed E-state index contributed by atoms with van der Waals surface area (Å²) in [5.74, 6) is -5.24. The number of carboxylic acids is 1. The van der Waals surface area contributed by atoms with E-state index in [-0.39, 0.29) is 77.5 Å². The molecule has 2 saturated heterocycles. The molecular weight excluding hydrogens is 805 g/mol. The van der Waals surface area contributed by atoms with E-state index in [0.29, 0.717) is 55.8 Å². The van der Waals surface area contributed by atoms with Crippen molar-refractivity contribution in [1.82, 2.24) is 9.80 Å². The van der Waals surface area contributed by atoms with E-state index >= 15 is 0 Å². The number of rotatable bonds is 15. The largest absolute Gasteiger partial charge is 0.504 e. The number of aliphatic carboxylic acids is 1. The number of phenolic OH excluding ortho intramolecular Hbond substituents is 4. The average Bonchev–Trinajstić information content (AvgIpc) is 3.99. The summed E-state index contributed by atoms with van der Waals surface area (Å²) in [4.78, 5) is 77.7. The number of hydrogen-bond donors (Lipinski definition) is 7. The van der Waals surface area contributed by atoms with Crippen molar-refractivity contribution in [3.63, 3.8) is 0 Å². The molecule has 6 rings (SSSR count). The maximum Gasteiger partial charge on any atom is 0.329 e. The van der Waals surface area contributed by atoms with Gasteiger partial charge in [-0.25, -0.2) is 9.59 Å². The van der Waals surface area contributed by atoms with E-state index in [2.05, 4.69) is 20.8 Å². The van der Waals surface area contributed by atoms with Gasteiger partial charge in [-0.05, 0) is 91.7 Å². The van der Waals surface area contributed by atoms with E-state index < -0.39 is 59.6 Å². The van der Waals surface area contributed by atoms with Crippen molar-refractivity contribution in [2.24, 2.45) is 28.6 Å². The Hall–Kier alpha value is -5.22. The van der Waals surface area contributed by atoms with Crippen molar-refractivity contribution < 1.29 is 69.2 Å². The lowest BCUT2D eigenvalue weighted by Crippen LogP contribution is -2.47. The lowest BCUT2D eigenvalue weighted by Gasteiger charge is -2.39. The molecule has 4 aliphatic rings. The molecule has 9 atom stereocenters. The maximum absolute atomic E-state index is 13.2. The average molecular weight is 867 g/mol. The lowest BCUT2D eigenvalue weighted by atomic mass is 9.70. The molecule has 4 fully saturated rings. The Balaban J connectivity index is 0.000000247. The zero-order valence-corrected chi connectivity index (χ0v) is 36.2. The van der Waals surface area contributed by atoms with E-state index in [1.165, 1.54) is 48.2 Å². The number of ether oxygens (including phenoxy) is 1. The van der Waals surface area contributed by atoms with Crippen LogP contribution in [0.2, 0.25) is 0 Å². The van der Waals surface area contributed by atoms with Gasteiger partial charge in [-0.3, -0.25) is 19.2 Å². The summed E-state index contributed by atoms with van der Waals surface area (Å²) in [5.41, 5.74) is 1.03. The monoisotopic (exact) mass is 866 g/mol. The van der Waals surface area contributed by atoms with Crippen LogP contribution >= 0.6 is 0 Å². The Morgan fingerprint density at radius 3 is 1.55 bits per heavy atom. The van der Waals surface area contributed by atoms with Gasteiger partial charge in [0.2, 0.25) is 11.8 Å². The van der Waals surface area contributed by atoms with Crippen molar-refractivity contribution >= 4 is 35.3 Å². The standard InChI is InChI=1S/C28H39NO7.C18H23NO7/c1-16(12-21(31)23(33)14-17-7-8-20(30)22(32)13-17)25(34)29-11-5-6-19(29)26(35)36-24-15-18-9-10-28(24,4)27(18,2)3;1-10(17(24)19-6-2-3-12(19)18(25)26)7-14(21)16(23)9-11-4-5-13(20)15(22)8-11/h7-8,13,16,18-19,23-24,30,32-33H,5-6,9-12,14-15H2,1-4H3;4-5,8,10,12,16,20,22-23H,2-3,6-7,9H2,1H3,(H,25,26)/t16-,18?,19+,23-,24?,28?;10-,12+,16-/m11/s1. The highest BCUT2D eigenvalue weighted by molar-refractivity contribution is 5.92. The number of phenols is 4. The summed E-state index contributed by atoms with van der Waals surface area (Å²) in [6.45, 7) is 10.7. The molecule has 340 valence electrons. The number of likely N-dealkylation sites (tertiary alicyclic amines) is 2. The molecule has 16 nitrogen and oxygen atoms in total. The third-order valence-electron chi connectivity index (χ3n) is 14.1. The number of aliphatic hydroxyl groups excluding tert-OH is 2. The maximum atomic E-state index is 13.2. The molecule has 2 amide bonds. The highest BCUT2D eigenvalue weighted by atomic mass is 16.5. The lowest BCUT2D eigenvalue weighted by molar-refractivity contribution is -0.165. The summed E-state index contributed by atoms with van der Waals surface area (Å²) in [5, 5.41) is 67.3. The van der Waals surface area contributed by atoms with Crippen molar-refractivity contribution in [1.29, 1.82) is 0 Å². The van der Waals surface area contributed by atoms with Gasteiger partial charge in [-0.15, -0.1) is 0 Å². The molecule has 0 aromatic heterocycles. The molecule has 2 aromatic rings. The quantitative estimate of drug-likeness (QED) is 0.0986. The van der Waals surface area contributed by atoms with Crippen LogP contribution in [0.3, 0.4) is 0 Å². The van der Waals surface area contributed by atoms with Crippen LogP contribution in [0.5, 0.6) is 23.0 Å². The van der Waals surface area contributed by atoms with Crippen LogP contribution in [0.4, 0.5) is 0 Å². The number of hydrogen-bond acceptors (Lipinski definition) is 13. The number of benzene rings is 2. The fourth-order valence-electron chi connectivity index (χ4n) is 9.77. The predicted molar refractivity (Wildman–Crippen MR) is 223 cm³/mol. The van der Waals surface area contributed by atoms with E-state index in [9.17, 15) is 59.4 Å². The second kappa shape index (κ2) is 19.4. The molecule has 2 bridgehead atoms. The summed E-state index contributed by atoms with van der Waals surface area (Å²) in [7, 11) is 0. The van der Waals surface area contributed by atoms with Crippen LogP contribution in [0, 0.1) is 28.6 Å². The summed E-state index contributed by atoms with van der Waals surface area (Å²) in [6.07, 6.45) is 2.05. The summed E-state index contributed by atoms with van der Waals surface area (Å²) < 4.78 is 6.05. The van der Waals surface area contributed by atoms with Crippen molar-refractivity contribution in [3.05, 3.63) is 47.5 Å². The molecule has 2 saturated carbocycles. The molecule has 2 aromatic carbocycles. The van der Waals surface area contributed by atoms with Crippen molar-refractivity contribution in [3.8, 4) is 23.0 Å². The smallest absolute Gasteiger partial charge is 0.329 e. The molecular formula is C46H62N2O14. The number of fused-ring (bicyclic) bond motifs is 2. The third-order valence-corrected chi connectivity index (χ3v) is 14.1. The number of amides is 2. The zero-order chi connectivity index (χ0) is 45.8. The van der Waals surface area contributed by atoms with Gasteiger partial charge < -0.3 is 50.3 Å². The van der Waals surface area contributed by atoms with E-state index in [4.69, 9.17) is 9.84 Å². The van der Waals surface area contributed by atoms with Crippen LogP contribution in [-0.4, -0.2) is 124 Å². The Bertz CT molecular complexity index is 2020. The first-order chi connectivity index (χ1) is 29.0. The highest BCUT2D eigenvalue weighted by Crippen LogP contribution is 2.66. The second-order valence-electron chi connectivity index (χ2n) is 18.5. The SMILES string of the molecule is C[C@H](CC(=O)[C@H](O)Cc1ccc(O)c(O)c1)C(=O)N1CCC[C@H]1C(=O)O.C[C@H](CC(=O)[C@H](O)Cc1ccc(O)c(O)c1)C(=O)N1CCC[C@H]1C(=O)OC1CC2CCC1(C)C2(C)C. The number of Topliss-reactive ketones (excluding diaryl/α,β-unsaturated/α-hetero) is 2. The third kappa shape index (κ3) is 10.3. The summed E-state index contributed by atoms with van der Waals surface area (Å²) in [6, 6.07) is 6.59. The predicted octanol–water partition coefficient (Wildman–Crippen LogP) is 4.02. The first kappa shape index (κ1) is 47.8. The molecule has 2 aliphatic carbocycles. The fourth-order valence-corrected chi connectivity index (χ4v) is 9.77. The number of aliphatic hydroxyl groups is 2. The van der Waals surface area contributed by atoms with Crippen LogP contribution in [0.1, 0.15) is 104 Å². The van der Waals surface area contributed by atoms with Crippen molar-refractivity contribution in [2.45, 2.75) is 136 Å². The molecule has 3 unspecified atom stereocenters. The minimum atomic E-state index is -1.36. The Labute approximate surface area is 361 Å². The van der Waals surface area contributed by atoms with E-state index in [0.717, 1.165) is 19.3 Å². The van der Waals surface area contributed by atoms with Crippen molar-refractivity contribution in [2.75, 3.05) is 13.1 Å². The Morgan fingerprint density at radius 1 is 0.694 bits per heavy atom. The second-order valence-corrected chi connectivity index (χ2v) is 18.5. The number of carbonyl (C=O) groups is 6. The molecule has 2 aliphatic heterocycles. The Kier molecular flexibility index (Phi) is 15.0. The van der Waals surface area contributed by atoms with Gasteiger partial charge in [-0.2, -0.15) is 0 Å². The number of esters is 1. The molecule has 7 N–H and O–H groups in total. The van der Waals surface area contributed by atoms with Crippen LogP contribution < -0.4 is 0 Å².